The molecule has 0 spiro atoms. The first-order valence-electron chi connectivity index (χ1n) is 14.0. The first kappa shape index (κ1) is 40.3. The van der Waals surface area contributed by atoms with Gasteiger partial charge in [0.2, 0.25) is 0 Å². The number of hydrogen-bond acceptors (Lipinski definition) is 9. The molecule has 0 aromatic heterocycles. The fourth-order valence-corrected chi connectivity index (χ4v) is 5.86. The average Bonchev–Trinajstić information content (AvgIpc) is 2.99. The smallest absolute Gasteiger partial charge is 0.296 e. The van der Waals surface area contributed by atoms with Crippen molar-refractivity contribution in [2.75, 3.05) is 5.32 Å². The summed E-state index contributed by atoms with van der Waals surface area (Å²) in [7, 11) is -9.95. The predicted octanol–water partition coefficient (Wildman–Crippen LogP) is 7.03. The standard InChI is InChI=1S/C33H29N3O9S2.2Na/c1-33(2,3)22-12-14-24(15-13-22)45-25-11-7-10-23(18-25)35-36-30-28(47(42,43)44)17-21-16-26(46(39,40)41)19-27(29(21)31(30)37)34-32(38)20-8-5-4-6-9-20;;/h4-19,37H,1-3H3,(H,34,38)(H,39,40,41)(H,42,43,44);;. The minimum atomic E-state index is -5.08. The maximum absolute atomic E-state index is 13.0. The summed E-state index contributed by atoms with van der Waals surface area (Å²) < 4.78 is 74.6. The molecule has 1 amide bonds. The molecule has 0 unspecified atom stereocenters. The van der Waals surface area contributed by atoms with Crippen LogP contribution in [0.1, 0.15) is 36.7 Å². The molecule has 0 bridgehead atoms. The number of azo groups is 1. The quantitative estimate of drug-likeness (QED) is 0.0739. The molecule has 0 fully saturated rings. The van der Waals surface area contributed by atoms with Gasteiger partial charge in [-0.2, -0.15) is 21.9 Å². The van der Waals surface area contributed by atoms with Gasteiger partial charge >= 0.3 is 0 Å². The minimum absolute atomic E-state index is 0. The zero-order valence-electron chi connectivity index (χ0n) is 27.2. The van der Waals surface area contributed by atoms with Gasteiger partial charge in [-0.05, 0) is 71.0 Å². The molecule has 4 N–H and O–H groups in total. The van der Waals surface area contributed by atoms with E-state index >= 15 is 0 Å². The largest absolute Gasteiger partial charge is 0.505 e. The van der Waals surface area contributed by atoms with Gasteiger partial charge in [0.1, 0.15) is 22.1 Å². The van der Waals surface area contributed by atoms with E-state index in [1.165, 1.54) is 24.3 Å². The Bertz CT molecular complexity index is 2260. The monoisotopic (exact) mass is 721 g/mol. The van der Waals surface area contributed by atoms with E-state index in [9.17, 15) is 35.8 Å². The van der Waals surface area contributed by atoms with Crippen LogP contribution in [-0.4, -0.2) is 96.1 Å². The Balaban J connectivity index is 0.00000325. The molecule has 5 aromatic carbocycles. The third-order valence-electron chi connectivity index (χ3n) is 7.02. The van der Waals surface area contributed by atoms with Gasteiger partial charge in [0.25, 0.3) is 26.1 Å². The Labute approximate surface area is 327 Å². The number of ether oxygens (including phenoxy) is 1. The van der Waals surface area contributed by atoms with Crippen LogP contribution in [0.5, 0.6) is 17.2 Å². The van der Waals surface area contributed by atoms with E-state index in [1.807, 2.05) is 24.3 Å². The molecule has 0 atom stereocenters. The van der Waals surface area contributed by atoms with Gasteiger partial charge in [0.15, 0.2) is 5.75 Å². The predicted molar refractivity (Wildman–Crippen MR) is 187 cm³/mol. The van der Waals surface area contributed by atoms with Crippen molar-refractivity contribution in [3.63, 3.8) is 0 Å². The summed E-state index contributed by atoms with van der Waals surface area (Å²) in [5.74, 6) is -0.616. The molecule has 16 heteroatoms. The van der Waals surface area contributed by atoms with Crippen LogP contribution < -0.4 is 10.1 Å². The Kier molecular flexibility index (Phi) is 13.0. The number of amides is 1. The van der Waals surface area contributed by atoms with Gasteiger partial charge in [-0.1, -0.05) is 57.2 Å². The molecule has 0 aliphatic heterocycles. The molecule has 2 radical (unpaired) electrons. The van der Waals surface area contributed by atoms with E-state index in [0.717, 1.165) is 23.8 Å². The number of anilines is 1. The van der Waals surface area contributed by atoms with Gasteiger partial charge in [-0.3, -0.25) is 13.9 Å². The number of carbonyl (C=O) groups is 1. The molecule has 244 valence electrons. The van der Waals surface area contributed by atoms with Crippen molar-refractivity contribution in [3.8, 4) is 17.2 Å². The summed E-state index contributed by atoms with van der Waals surface area (Å²) in [6.07, 6.45) is 0. The molecule has 12 nitrogen and oxygen atoms in total. The zero-order valence-corrected chi connectivity index (χ0v) is 32.9. The third kappa shape index (κ3) is 9.76. The summed E-state index contributed by atoms with van der Waals surface area (Å²) in [5.41, 5.74) is 0.454. The van der Waals surface area contributed by atoms with Gasteiger partial charge in [0.05, 0.1) is 16.3 Å². The van der Waals surface area contributed by atoms with Crippen molar-refractivity contribution < 1.29 is 40.6 Å². The average molecular weight is 722 g/mol. The second kappa shape index (κ2) is 15.8. The molecule has 0 saturated heterocycles. The van der Waals surface area contributed by atoms with Crippen molar-refractivity contribution in [3.05, 3.63) is 108 Å². The maximum Gasteiger partial charge on any atom is 0.296 e. The zero-order chi connectivity index (χ0) is 34.1. The number of nitrogens with one attached hydrogen (secondary N) is 1. The van der Waals surface area contributed by atoms with Gasteiger partial charge in [-0.15, -0.1) is 5.11 Å². The number of aromatic hydroxyl groups is 1. The number of carbonyl (C=O) groups excluding carboxylic acids is 1. The summed E-state index contributed by atoms with van der Waals surface area (Å²) in [6, 6.07) is 24.3. The summed E-state index contributed by atoms with van der Waals surface area (Å²) >= 11 is 0. The minimum Gasteiger partial charge on any atom is -0.505 e. The van der Waals surface area contributed by atoms with E-state index in [2.05, 4.69) is 36.3 Å². The number of phenols is 1. The van der Waals surface area contributed by atoms with Crippen molar-refractivity contribution in [1.82, 2.24) is 0 Å². The van der Waals surface area contributed by atoms with Crippen LogP contribution >= 0.6 is 0 Å². The topological polar surface area (TPSA) is 192 Å². The fourth-order valence-electron chi connectivity index (χ4n) is 4.66. The van der Waals surface area contributed by atoms with Gasteiger partial charge in [-0.25, -0.2) is 0 Å². The molecule has 0 saturated carbocycles. The number of phenolic OH excluding ortho intramolecular Hbond substituents is 1. The molecule has 49 heavy (non-hydrogen) atoms. The van der Waals surface area contributed by atoms with E-state index < -0.39 is 47.4 Å². The molecule has 0 heterocycles. The van der Waals surface area contributed by atoms with Gasteiger partial charge < -0.3 is 15.2 Å². The normalized spacial score (nSPS) is 11.9. The first-order chi connectivity index (χ1) is 22.0. The van der Waals surface area contributed by atoms with Gasteiger partial charge in [0, 0.05) is 76.1 Å². The Hall–Kier alpha value is -3.15. The van der Waals surface area contributed by atoms with E-state index in [4.69, 9.17) is 4.74 Å². The second-order valence-electron chi connectivity index (χ2n) is 11.5. The van der Waals surface area contributed by atoms with E-state index in [-0.39, 0.29) is 92.2 Å². The van der Waals surface area contributed by atoms with Crippen LogP contribution in [0.25, 0.3) is 10.8 Å². The van der Waals surface area contributed by atoms with Crippen molar-refractivity contribution >= 4 is 113 Å². The van der Waals surface area contributed by atoms with Crippen LogP contribution in [-0.2, 0) is 25.7 Å². The SMILES string of the molecule is CC(C)(C)c1ccc(Oc2cccc(N=Nc3c(S(=O)(=O)O)cc4cc(S(=O)(=O)O)cc(NC(=O)c5ccccc5)c4c3O)c2)cc1.[Na].[Na]. The molecule has 5 rings (SSSR count). The van der Waals surface area contributed by atoms with Crippen LogP contribution in [0.2, 0.25) is 0 Å². The summed E-state index contributed by atoms with van der Waals surface area (Å²) in [4.78, 5) is 11.4. The molecular weight excluding hydrogens is 692 g/mol. The Morgan fingerprint density at radius 1 is 0.755 bits per heavy atom. The van der Waals surface area contributed by atoms with Crippen LogP contribution in [0, 0.1) is 0 Å². The number of fused-ring (bicyclic) bond motifs is 1. The Morgan fingerprint density at radius 3 is 2.00 bits per heavy atom. The number of benzene rings is 5. The fraction of sp³-hybridized carbons (Fsp3) is 0.121. The Morgan fingerprint density at radius 2 is 1.41 bits per heavy atom. The van der Waals surface area contributed by atoms with Crippen LogP contribution in [0.15, 0.2) is 117 Å². The number of rotatable bonds is 8. The van der Waals surface area contributed by atoms with E-state index in [1.54, 1.807) is 30.3 Å². The van der Waals surface area contributed by atoms with Crippen LogP contribution in [0.4, 0.5) is 17.1 Å². The maximum atomic E-state index is 13.0. The molecule has 0 aliphatic carbocycles. The molecular formula is C33H29N3Na2O9S2. The molecule has 5 aromatic rings. The second-order valence-corrected chi connectivity index (χ2v) is 14.3. The van der Waals surface area contributed by atoms with Crippen molar-refractivity contribution in [2.24, 2.45) is 10.2 Å². The van der Waals surface area contributed by atoms with Crippen LogP contribution in [0.3, 0.4) is 0 Å². The summed E-state index contributed by atoms with van der Waals surface area (Å²) in [5, 5.41) is 21.3. The number of nitrogens with zero attached hydrogens (tertiary/aromatic N) is 2. The van der Waals surface area contributed by atoms with E-state index in [0.29, 0.717) is 11.5 Å². The first-order valence-corrected chi connectivity index (χ1v) is 16.8. The number of hydrogen-bond donors (Lipinski definition) is 4. The summed E-state index contributed by atoms with van der Waals surface area (Å²) in [6.45, 7) is 6.28. The van der Waals surface area contributed by atoms with Crippen molar-refractivity contribution in [1.29, 1.82) is 0 Å². The van der Waals surface area contributed by atoms with Crippen molar-refractivity contribution in [2.45, 2.75) is 36.0 Å². The third-order valence-corrected chi connectivity index (χ3v) is 8.72. The molecule has 0 aliphatic rings.